The van der Waals surface area contributed by atoms with Crippen LogP contribution in [0.25, 0.3) is 0 Å². The van der Waals surface area contributed by atoms with Crippen LogP contribution < -0.4 is 10.5 Å². The van der Waals surface area contributed by atoms with Crippen molar-refractivity contribution in [3.63, 3.8) is 0 Å². The zero-order chi connectivity index (χ0) is 13.2. The van der Waals surface area contributed by atoms with E-state index in [0.29, 0.717) is 12.1 Å². The van der Waals surface area contributed by atoms with Crippen LogP contribution in [0.1, 0.15) is 10.4 Å². The molecule has 92 valence electrons. The van der Waals surface area contributed by atoms with Crippen LogP contribution in [0.15, 0.2) is 18.2 Å². The van der Waals surface area contributed by atoms with Gasteiger partial charge in [-0.05, 0) is 6.07 Å². The predicted molar refractivity (Wildman–Crippen MR) is 48.3 cm³/mol. The van der Waals surface area contributed by atoms with Crippen molar-refractivity contribution in [3.8, 4) is 5.75 Å². The molecule has 0 bridgehead atoms. The third-order valence-electron chi connectivity index (χ3n) is 1.62. The molecule has 9 heteroatoms. The van der Waals surface area contributed by atoms with Crippen LogP contribution in [-0.4, -0.2) is 17.2 Å². The number of carbonyl (C=O) groups is 1. The lowest BCUT2D eigenvalue weighted by atomic mass is 10.2. The van der Waals surface area contributed by atoms with Gasteiger partial charge in [-0.15, -0.1) is 13.2 Å². The molecule has 17 heavy (non-hydrogen) atoms. The number of hydrogen-bond donors (Lipinski definition) is 1. The standard InChI is InChI=1S/C8H5F3N2O4/c9-8(10,11)17-6-2-4(7(12)14)1-5(3-6)13(15)16/h1-3H,(H2,12,14). The molecule has 0 aliphatic carbocycles. The van der Waals surface area contributed by atoms with Crippen molar-refractivity contribution < 1.29 is 27.6 Å². The topological polar surface area (TPSA) is 95.5 Å². The molecule has 0 radical (unpaired) electrons. The lowest BCUT2D eigenvalue weighted by Gasteiger charge is -2.09. The fourth-order valence-electron chi connectivity index (χ4n) is 1.02. The van der Waals surface area contributed by atoms with E-state index in [2.05, 4.69) is 4.74 Å². The number of carbonyl (C=O) groups excluding carboxylic acids is 1. The number of nitro groups is 1. The summed E-state index contributed by atoms with van der Waals surface area (Å²) in [4.78, 5) is 20.2. The molecule has 0 saturated heterocycles. The van der Waals surface area contributed by atoms with E-state index in [0.717, 1.165) is 6.07 Å². The van der Waals surface area contributed by atoms with E-state index in [4.69, 9.17) is 5.73 Å². The second-order valence-electron chi connectivity index (χ2n) is 2.88. The molecular formula is C8H5F3N2O4. The van der Waals surface area contributed by atoms with Crippen molar-refractivity contribution in [2.24, 2.45) is 5.73 Å². The van der Waals surface area contributed by atoms with E-state index in [9.17, 15) is 28.1 Å². The van der Waals surface area contributed by atoms with Gasteiger partial charge in [0.1, 0.15) is 5.75 Å². The number of nitrogens with two attached hydrogens (primary N) is 1. The summed E-state index contributed by atoms with van der Waals surface area (Å²) < 4.78 is 39.2. The van der Waals surface area contributed by atoms with Crippen LogP contribution in [-0.2, 0) is 0 Å². The first-order chi connectivity index (χ1) is 7.69. The van der Waals surface area contributed by atoms with Gasteiger partial charge in [-0.1, -0.05) is 0 Å². The maximum Gasteiger partial charge on any atom is 0.573 e. The van der Waals surface area contributed by atoms with E-state index in [1.54, 1.807) is 0 Å². The zero-order valence-corrected chi connectivity index (χ0v) is 8.02. The Labute approximate surface area is 91.9 Å². The van der Waals surface area contributed by atoms with Crippen LogP contribution >= 0.6 is 0 Å². The fraction of sp³-hybridized carbons (Fsp3) is 0.125. The molecule has 1 aromatic carbocycles. The number of amides is 1. The van der Waals surface area contributed by atoms with E-state index in [-0.39, 0.29) is 0 Å². The highest BCUT2D eigenvalue weighted by Gasteiger charge is 2.32. The third kappa shape index (κ3) is 3.63. The van der Waals surface area contributed by atoms with Crippen LogP contribution in [0.4, 0.5) is 18.9 Å². The van der Waals surface area contributed by atoms with E-state index >= 15 is 0 Å². The molecule has 0 unspecified atom stereocenters. The summed E-state index contributed by atoms with van der Waals surface area (Å²) in [6.07, 6.45) is -5.01. The van der Waals surface area contributed by atoms with Gasteiger partial charge < -0.3 is 10.5 Å². The first kappa shape index (κ1) is 12.7. The average molecular weight is 250 g/mol. The molecule has 0 saturated carbocycles. The van der Waals surface area contributed by atoms with Crippen LogP contribution in [0, 0.1) is 10.1 Å². The molecule has 0 spiro atoms. The highest BCUT2D eigenvalue weighted by atomic mass is 19.4. The van der Waals surface area contributed by atoms with Crippen LogP contribution in [0.3, 0.4) is 0 Å². The smallest absolute Gasteiger partial charge is 0.406 e. The summed E-state index contributed by atoms with van der Waals surface area (Å²) in [6.45, 7) is 0. The largest absolute Gasteiger partial charge is 0.573 e. The number of nitrogens with zero attached hydrogens (tertiary/aromatic N) is 1. The van der Waals surface area contributed by atoms with Crippen molar-refractivity contribution in [2.45, 2.75) is 6.36 Å². The molecule has 1 amide bonds. The summed E-state index contributed by atoms with van der Waals surface area (Å²) in [7, 11) is 0. The van der Waals surface area contributed by atoms with Gasteiger partial charge in [0.25, 0.3) is 5.69 Å². The minimum Gasteiger partial charge on any atom is -0.406 e. The number of ether oxygens (including phenoxy) is 1. The normalized spacial score (nSPS) is 11.0. The van der Waals surface area contributed by atoms with Gasteiger partial charge in [0, 0.05) is 11.6 Å². The van der Waals surface area contributed by atoms with E-state index < -0.39 is 34.2 Å². The quantitative estimate of drug-likeness (QED) is 0.650. The Balaban J connectivity index is 3.22. The van der Waals surface area contributed by atoms with Crippen LogP contribution in [0.5, 0.6) is 5.75 Å². The molecule has 0 aromatic heterocycles. The lowest BCUT2D eigenvalue weighted by molar-refractivity contribution is -0.385. The minimum atomic E-state index is -5.01. The van der Waals surface area contributed by atoms with Crippen molar-refractivity contribution >= 4 is 11.6 Å². The Morgan fingerprint density at radius 1 is 1.35 bits per heavy atom. The fourth-order valence-corrected chi connectivity index (χ4v) is 1.02. The van der Waals surface area contributed by atoms with Crippen molar-refractivity contribution in [3.05, 3.63) is 33.9 Å². The van der Waals surface area contributed by atoms with Gasteiger partial charge >= 0.3 is 6.36 Å². The van der Waals surface area contributed by atoms with Gasteiger partial charge in [0.05, 0.1) is 11.0 Å². The average Bonchev–Trinajstić information content (AvgIpc) is 2.14. The van der Waals surface area contributed by atoms with Gasteiger partial charge in [-0.25, -0.2) is 0 Å². The second-order valence-corrected chi connectivity index (χ2v) is 2.88. The minimum absolute atomic E-state index is 0.446. The Morgan fingerprint density at radius 3 is 2.35 bits per heavy atom. The second kappa shape index (κ2) is 4.28. The Kier molecular flexibility index (Phi) is 3.21. The molecule has 1 rings (SSSR count). The number of halogens is 3. The highest BCUT2D eigenvalue weighted by molar-refractivity contribution is 5.93. The monoisotopic (exact) mass is 250 g/mol. The number of primary amides is 1. The number of nitro benzene ring substituents is 1. The number of non-ortho nitro benzene ring substituents is 1. The molecule has 0 heterocycles. The first-order valence-electron chi connectivity index (χ1n) is 4.04. The van der Waals surface area contributed by atoms with E-state index in [1.165, 1.54) is 0 Å². The van der Waals surface area contributed by atoms with Crippen molar-refractivity contribution in [2.75, 3.05) is 0 Å². The summed E-state index contributed by atoms with van der Waals surface area (Å²) in [6, 6.07) is 1.97. The molecule has 0 fully saturated rings. The number of rotatable bonds is 3. The maximum absolute atomic E-state index is 11.9. The van der Waals surface area contributed by atoms with Gasteiger partial charge in [0.2, 0.25) is 5.91 Å². The lowest BCUT2D eigenvalue weighted by Crippen LogP contribution is -2.18. The Hall–Kier alpha value is -2.32. The Bertz CT molecular complexity index is 440. The van der Waals surface area contributed by atoms with E-state index in [1.807, 2.05) is 0 Å². The zero-order valence-electron chi connectivity index (χ0n) is 8.02. The molecular weight excluding hydrogens is 245 g/mol. The molecule has 6 nitrogen and oxygen atoms in total. The van der Waals surface area contributed by atoms with Gasteiger partial charge in [0.15, 0.2) is 0 Å². The van der Waals surface area contributed by atoms with Gasteiger partial charge in [-0.3, -0.25) is 14.9 Å². The molecule has 0 aliphatic rings. The predicted octanol–water partition coefficient (Wildman–Crippen LogP) is 1.59. The summed E-state index contributed by atoms with van der Waals surface area (Å²) in [5.41, 5.74) is 3.65. The maximum atomic E-state index is 11.9. The third-order valence-corrected chi connectivity index (χ3v) is 1.62. The van der Waals surface area contributed by atoms with Crippen molar-refractivity contribution in [1.82, 2.24) is 0 Å². The molecule has 0 aliphatic heterocycles. The first-order valence-corrected chi connectivity index (χ1v) is 4.04. The SMILES string of the molecule is NC(=O)c1cc(OC(F)(F)F)cc([N+](=O)[O-])c1. The number of benzene rings is 1. The molecule has 0 atom stereocenters. The van der Waals surface area contributed by atoms with Crippen LogP contribution in [0.2, 0.25) is 0 Å². The summed E-state index contributed by atoms with van der Waals surface area (Å²) >= 11 is 0. The number of alkyl halides is 3. The molecule has 1 aromatic rings. The number of hydrogen-bond acceptors (Lipinski definition) is 4. The summed E-state index contributed by atoms with van der Waals surface area (Å²) in [5, 5.41) is 10.4. The molecule has 2 N–H and O–H groups in total. The summed E-state index contributed by atoms with van der Waals surface area (Å²) in [5.74, 6) is -1.97. The van der Waals surface area contributed by atoms with Gasteiger partial charge in [-0.2, -0.15) is 0 Å². The van der Waals surface area contributed by atoms with Crippen molar-refractivity contribution in [1.29, 1.82) is 0 Å². The highest BCUT2D eigenvalue weighted by Crippen LogP contribution is 2.27. The Morgan fingerprint density at radius 2 is 1.94 bits per heavy atom.